The van der Waals surface area contributed by atoms with Gasteiger partial charge in [-0.25, -0.2) is 9.98 Å². The SMILES string of the molecule is CN(C)C(=O)CNC(=NCc1cccc(C(F)(F)F)c1)NCCc1ccc(Cl)nc1.I. The molecule has 2 aromatic rings. The standard InChI is InChI=1S/C20H23ClF3N5O.HI/c1-29(2)18(30)13-28-19(25-9-8-14-6-7-17(21)26-11-14)27-12-15-4-3-5-16(10-15)20(22,23)24;/h3-7,10-11H,8-9,12-13H2,1-2H3,(H2,25,27,28);1H. The number of halogens is 5. The molecule has 0 unspecified atom stereocenters. The first-order valence-electron chi connectivity index (χ1n) is 9.14. The Labute approximate surface area is 201 Å². The van der Waals surface area contributed by atoms with E-state index in [2.05, 4.69) is 20.6 Å². The van der Waals surface area contributed by atoms with Crippen molar-refractivity contribution in [1.29, 1.82) is 0 Å². The van der Waals surface area contributed by atoms with Gasteiger partial charge in [-0.15, -0.1) is 24.0 Å². The highest BCUT2D eigenvalue weighted by atomic mass is 127. The third kappa shape index (κ3) is 9.72. The Morgan fingerprint density at radius 3 is 2.52 bits per heavy atom. The molecule has 170 valence electrons. The molecule has 0 saturated heterocycles. The van der Waals surface area contributed by atoms with E-state index in [1.165, 1.54) is 11.0 Å². The van der Waals surface area contributed by atoms with Crippen molar-refractivity contribution in [1.82, 2.24) is 20.5 Å². The van der Waals surface area contributed by atoms with Crippen LogP contribution in [-0.4, -0.2) is 48.9 Å². The Hall–Kier alpha value is -2.08. The Morgan fingerprint density at radius 2 is 1.90 bits per heavy atom. The summed E-state index contributed by atoms with van der Waals surface area (Å²) < 4.78 is 38.7. The maximum absolute atomic E-state index is 12.9. The van der Waals surface area contributed by atoms with Crippen LogP contribution < -0.4 is 10.6 Å². The average molecular weight is 570 g/mol. The molecule has 0 spiro atoms. The summed E-state index contributed by atoms with van der Waals surface area (Å²) in [7, 11) is 3.26. The van der Waals surface area contributed by atoms with E-state index in [1.54, 1.807) is 32.4 Å². The van der Waals surface area contributed by atoms with Gasteiger partial charge < -0.3 is 15.5 Å². The number of nitrogens with one attached hydrogen (secondary N) is 2. The Morgan fingerprint density at radius 1 is 1.16 bits per heavy atom. The van der Waals surface area contributed by atoms with E-state index in [-0.39, 0.29) is 43.0 Å². The van der Waals surface area contributed by atoms with Crippen LogP contribution >= 0.6 is 35.6 Å². The predicted molar refractivity (Wildman–Crippen MR) is 126 cm³/mol. The summed E-state index contributed by atoms with van der Waals surface area (Å²) in [4.78, 5) is 21.6. The van der Waals surface area contributed by atoms with Crippen LogP contribution in [0.3, 0.4) is 0 Å². The highest BCUT2D eigenvalue weighted by molar-refractivity contribution is 14.0. The molecular weight excluding hydrogens is 546 g/mol. The first-order chi connectivity index (χ1) is 14.1. The second-order valence-corrected chi connectivity index (χ2v) is 7.06. The molecule has 0 radical (unpaired) electrons. The number of carbonyl (C=O) groups excluding carboxylic acids is 1. The van der Waals surface area contributed by atoms with Gasteiger partial charge in [0.2, 0.25) is 5.91 Å². The lowest BCUT2D eigenvalue weighted by Crippen LogP contribution is -2.43. The molecule has 0 fully saturated rings. The first kappa shape index (κ1) is 27.0. The Bertz CT molecular complexity index is 876. The van der Waals surface area contributed by atoms with E-state index in [9.17, 15) is 18.0 Å². The van der Waals surface area contributed by atoms with Gasteiger partial charge in [0.25, 0.3) is 0 Å². The number of nitrogens with zero attached hydrogens (tertiary/aromatic N) is 3. The quantitative estimate of drug-likeness (QED) is 0.231. The number of benzene rings is 1. The van der Waals surface area contributed by atoms with E-state index < -0.39 is 11.7 Å². The molecular formula is C20H24ClF3IN5O. The summed E-state index contributed by atoms with van der Waals surface area (Å²) in [5, 5.41) is 6.38. The molecule has 11 heteroatoms. The lowest BCUT2D eigenvalue weighted by molar-refractivity contribution is -0.137. The molecule has 6 nitrogen and oxygen atoms in total. The number of rotatable bonds is 7. The maximum Gasteiger partial charge on any atom is 0.416 e. The van der Waals surface area contributed by atoms with Gasteiger partial charge in [0.05, 0.1) is 18.7 Å². The van der Waals surface area contributed by atoms with E-state index in [4.69, 9.17) is 11.6 Å². The molecule has 0 aliphatic rings. The maximum atomic E-state index is 12.9. The Balaban J connectivity index is 0.00000480. The third-order valence-electron chi connectivity index (χ3n) is 4.07. The topological polar surface area (TPSA) is 69.6 Å². The fourth-order valence-electron chi connectivity index (χ4n) is 2.39. The number of carbonyl (C=O) groups is 1. The average Bonchev–Trinajstić information content (AvgIpc) is 2.70. The van der Waals surface area contributed by atoms with Crippen molar-refractivity contribution in [2.24, 2.45) is 4.99 Å². The van der Waals surface area contributed by atoms with Crippen molar-refractivity contribution >= 4 is 47.4 Å². The molecule has 31 heavy (non-hydrogen) atoms. The van der Waals surface area contributed by atoms with Crippen molar-refractivity contribution in [3.8, 4) is 0 Å². The minimum atomic E-state index is -4.41. The third-order valence-corrected chi connectivity index (χ3v) is 4.30. The number of alkyl halides is 3. The van der Waals surface area contributed by atoms with Gasteiger partial charge in [-0.2, -0.15) is 13.2 Å². The van der Waals surface area contributed by atoms with Crippen molar-refractivity contribution in [2.45, 2.75) is 19.1 Å². The summed E-state index contributed by atoms with van der Waals surface area (Å²) in [6.45, 7) is 0.510. The van der Waals surface area contributed by atoms with Crippen LogP contribution in [0.2, 0.25) is 5.15 Å². The van der Waals surface area contributed by atoms with Crippen molar-refractivity contribution in [3.63, 3.8) is 0 Å². The molecule has 0 bridgehead atoms. The van der Waals surface area contributed by atoms with E-state index in [0.717, 1.165) is 17.7 Å². The largest absolute Gasteiger partial charge is 0.416 e. The monoisotopic (exact) mass is 569 g/mol. The van der Waals surface area contributed by atoms with Gasteiger partial charge in [0, 0.05) is 26.8 Å². The molecule has 1 heterocycles. The van der Waals surface area contributed by atoms with Crippen LogP contribution in [0.15, 0.2) is 47.6 Å². The minimum Gasteiger partial charge on any atom is -0.356 e. The lowest BCUT2D eigenvalue weighted by atomic mass is 10.1. The lowest BCUT2D eigenvalue weighted by Gasteiger charge is -2.15. The van der Waals surface area contributed by atoms with Gasteiger partial charge >= 0.3 is 6.18 Å². The number of pyridine rings is 1. The van der Waals surface area contributed by atoms with Crippen molar-refractivity contribution < 1.29 is 18.0 Å². The molecule has 0 atom stereocenters. The number of hydrogen-bond acceptors (Lipinski definition) is 3. The summed E-state index contributed by atoms with van der Waals surface area (Å²) in [5.74, 6) is 0.162. The Kier molecular flexibility index (Phi) is 11.0. The summed E-state index contributed by atoms with van der Waals surface area (Å²) in [6, 6.07) is 8.52. The van der Waals surface area contributed by atoms with Crippen LogP contribution in [0.5, 0.6) is 0 Å². The van der Waals surface area contributed by atoms with E-state index in [0.29, 0.717) is 29.6 Å². The summed E-state index contributed by atoms with van der Waals surface area (Å²) in [5.41, 5.74) is 0.635. The van der Waals surface area contributed by atoms with Crippen LogP contribution in [-0.2, 0) is 23.9 Å². The molecule has 0 aliphatic carbocycles. The fraction of sp³-hybridized carbons (Fsp3) is 0.350. The normalized spacial score (nSPS) is 11.5. The zero-order chi connectivity index (χ0) is 22.1. The molecule has 1 aromatic heterocycles. The van der Waals surface area contributed by atoms with Crippen LogP contribution in [0.4, 0.5) is 13.2 Å². The summed E-state index contributed by atoms with van der Waals surface area (Å²) >= 11 is 5.77. The van der Waals surface area contributed by atoms with Crippen molar-refractivity contribution in [3.05, 3.63) is 64.4 Å². The minimum absolute atomic E-state index is 0. The molecule has 2 N–H and O–H groups in total. The van der Waals surface area contributed by atoms with Gasteiger partial charge in [-0.3, -0.25) is 4.79 Å². The molecule has 1 aromatic carbocycles. The molecule has 1 amide bonds. The van der Waals surface area contributed by atoms with Gasteiger partial charge in [-0.05, 0) is 35.7 Å². The first-order valence-corrected chi connectivity index (χ1v) is 9.52. The number of aromatic nitrogens is 1. The molecule has 2 rings (SSSR count). The van der Waals surface area contributed by atoms with E-state index in [1.807, 2.05) is 6.07 Å². The number of amides is 1. The van der Waals surface area contributed by atoms with Gasteiger partial charge in [-0.1, -0.05) is 29.8 Å². The smallest absolute Gasteiger partial charge is 0.356 e. The van der Waals surface area contributed by atoms with Crippen LogP contribution in [0.25, 0.3) is 0 Å². The van der Waals surface area contributed by atoms with Crippen LogP contribution in [0, 0.1) is 0 Å². The number of aliphatic imine (C=N–C) groups is 1. The molecule has 0 saturated carbocycles. The number of guanidine groups is 1. The second kappa shape index (κ2) is 12.7. The zero-order valence-corrected chi connectivity index (χ0v) is 20.1. The number of likely N-dealkylation sites (N-methyl/N-ethyl adjacent to an activating group) is 1. The molecule has 0 aliphatic heterocycles. The fourth-order valence-corrected chi connectivity index (χ4v) is 2.50. The van der Waals surface area contributed by atoms with Crippen molar-refractivity contribution in [2.75, 3.05) is 27.2 Å². The predicted octanol–water partition coefficient (Wildman–Crippen LogP) is 3.74. The van der Waals surface area contributed by atoms with Gasteiger partial charge in [0.1, 0.15) is 5.15 Å². The van der Waals surface area contributed by atoms with Crippen LogP contribution in [0.1, 0.15) is 16.7 Å². The highest BCUT2D eigenvalue weighted by Crippen LogP contribution is 2.29. The second-order valence-electron chi connectivity index (χ2n) is 6.67. The summed E-state index contributed by atoms with van der Waals surface area (Å²) in [6.07, 6.45) is -2.13. The van der Waals surface area contributed by atoms with E-state index >= 15 is 0 Å². The number of hydrogen-bond donors (Lipinski definition) is 2. The van der Waals surface area contributed by atoms with Gasteiger partial charge in [0.15, 0.2) is 5.96 Å². The zero-order valence-electron chi connectivity index (χ0n) is 17.0. The highest BCUT2D eigenvalue weighted by Gasteiger charge is 2.30.